The van der Waals surface area contributed by atoms with E-state index in [0.29, 0.717) is 28.0 Å². The monoisotopic (exact) mass is 353 g/mol. The summed E-state index contributed by atoms with van der Waals surface area (Å²) in [4.78, 5) is 0. The number of benzene rings is 2. The van der Waals surface area contributed by atoms with Gasteiger partial charge in [0.05, 0.1) is 6.21 Å². The number of hydrazone groups is 1. The van der Waals surface area contributed by atoms with Gasteiger partial charge in [0.25, 0.3) is 0 Å². The summed E-state index contributed by atoms with van der Waals surface area (Å²) in [7, 11) is 0. The van der Waals surface area contributed by atoms with E-state index < -0.39 is 0 Å². The van der Waals surface area contributed by atoms with Gasteiger partial charge in [-0.15, -0.1) is 0 Å². The Labute approximate surface area is 143 Å². The molecule has 0 fully saturated rings. The molecule has 2 aromatic rings. The Morgan fingerprint density at radius 2 is 2.00 bits per heavy atom. The molecule has 0 heterocycles. The van der Waals surface area contributed by atoms with Crippen molar-refractivity contribution >= 4 is 46.7 Å². The van der Waals surface area contributed by atoms with Crippen LogP contribution in [0.15, 0.2) is 47.6 Å². The summed E-state index contributed by atoms with van der Waals surface area (Å²) in [5, 5.41) is 5.24. The fraction of sp³-hybridized carbons (Fsp3) is 0.0667. The zero-order chi connectivity index (χ0) is 15.9. The molecule has 0 aliphatic rings. The van der Waals surface area contributed by atoms with Crippen LogP contribution < -0.4 is 15.9 Å². The molecule has 0 bridgehead atoms. The number of hydrogen-bond acceptors (Lipinski definition) is 3. The summed E-state index contributed by atoms with van der Waals surface area (Å²) in [5.74, 6) is 0.637. The van der Waals surface area contributed by atoms with Gasteiger partial charge in [-0.3, -0.25) is 5.43 Å². The first-order valence-corrected chi connectivity index (χ1v) is 7.46. The lowest BCUT2D eigenvalue weighted by molar-refractivity contribution is 0.306. The number of thiocarbonyl (C=S) groups is 1. The van der Waals surface area contributed by atoms with E-state index in [1.165, 1.54) is 0 Å². The average molecular weight is 354 g/mol. The standard InChI is InChI=1S/C15H13Cl2N3OS/c16-12-3-1-2-10(6-12)9-21-14-5-4-13(17)7-11(14)8-19-20-15(18)22/h1-8H,9H2,(H3,18,20,22). The number of halogens is 2. The molecular weight excluding hydrogens is 341 g/mol. The molecule has 0 saturated heterocycles. The highest BCUT2D eigenvalue weighted by molar-refractivity contribution is 7.80. The van der Waals surface area contributed by atoms with Crippen LogP contribution in [0.3, 0.4) is 0 Å². The Balaban J connectivity index is 2.12. The summed E-state index contributed by atoms with van der Waals surface area (Å²) >= 11 is 16.6. The zero-order valence-electron chi connectivity index (χ0n) is 11.4. The maximum Gasteiger partial charge on any atom is 0.184 e. The lowest BCUT2D eigenvalue weighted by atomic mass is 10.2. The van der Waals surface area contributed by atoms with Gasteiger partial charge in [0.1, 0.15) is 12.4 Å². The summed E-state index contributed by atoms with van der Waals surface area (Å²) in [6, 6.07) is 12.7. The van der Waals surface area contributed by atoms with E-state index >= 15 is 0 Å². The maximum absolute atomic E-state index is 5.99. The van der Waals surface area contributed by atoms with Crippen molar-refractivity contribution in [2.45, 2.75) is 6.61 Å². The molecule has 0 aromatic heterocycles. The van der Waals surface area contributed by atoms with Crippen LogP contribution in [0.4, 0.5) is 0 Å². The number of ether oxygens (including phenoxy) is 1. The Bertz CT molecular complexity index is 707. The van der Waals surface area contributed by atoms with Crippen molar-refractivity contribution in [3.63, 3.8) is 0 Å². The molecule has 0 amide bonds. The van der Waals surface area contributed by atoms with Crippen LogP contribution in [0.25, 0.3) is 0 Å². The second kappa shape index (κ2) is 7.98. The second-order valence-corrected chi connectivity index (χ2v) is 5.65. The third-order valence-corrected chi connectivity index (χ3v) is 3.20. The quantitative estimate of drug-likeness (QED) is 0.488. The van der Waals surface area contributed by atoms with Crippen LogP contribution in [-0.2, 0) is 6.61 Å². The van der Waals surface area contributed by atoms with Crippen molar-refractivity contribution < 1.29 is 4.74 Å². The van der Waals surface area contributed by atoms with Crippen molar-refractivity contribution in [3.05, 3.63) is 63.6 Å². The Hall–Kier alpha value is -1.82. The van der Waals surface area contributed by atoms with Gasteiger partial charge in [-0.1, -0.05) is 35.3 Å². The van der Waals surface area contributed by atoms with Gasteiger partial charge in [-0.2, -0.15) is 5.10 Å². The lowest BCUT2D eigenvalue weighted by Crippen LogP contribution is -2.24. The van der Waals surface area contributed by atoms with Crippen LogP contribution in [0.5, 0.6) is 5.75 Å². The molecular formula is C15H13Cl2N3OS. The molecule has 0 radical (unpaired) electrons. The first-order chi connectivity index (χ1) is 10.5. The predicted molar refractivity (Wildman–Crippen MR) is 94.8 cm³/mol. The number of rotatable bonds is 5. The molecule has 114 valence electrons. The molecule has 0 aliphatic carbocycles. The van der Waals surface area contributed by atoms with Crippen molar-refractivity contribution in [1.82, 2.24) is 5.43 Å². The minimum Gasteiger partial charge on any atom is -0.488 e. The molecule has 0 spiro atoms. The van der Waals surface area contributed by atoms with Crippen molar-refractivity contribution in [2.75, 3.05) is 0 Å². The van der Waals surface area contributed by atoms with Gasteiger partial charge in [-0.05, 0) is 48.1 Å². The topological polar surface area (TPSA) is 59.6 Å². The van der Waals surface area contributed by atoms with Gasteiger partial charge in [0.15, 0.2) is 5.11 Å². The van der Waals surface area contributed by atoms with Gasteiger partial charge < -0.3 is 10.5 Å². The van der Waals surface area contributed by atoms with Gasteiger partial charge >= 0.3 is 0 Å². The Morgan fingerprint density at radius 3 is 2.73 bits per heavy atom. The van der Waals surface area contributed by atoms with Crippen LogP contribution in [-0.4, -0.2) is 11.3 Å². The van der Waals surface area contributed by atoms with Gasteiger partial charge in [0.2, 0.25) is 0 Å². The van der Waals surface area contributed by atoms with Crippen LogP contribution in [0.2, 0.25) is 10.0 Å². The maximum atomic E-state index is 5.99. The molecule has 0 aliphatic heterocycles. The van der Waals surface area contributed by atoms with E-state index in [9.17, 15) is 0 Å². The molecule has 0 saturated carbocycles. The van der Waals surface area contributed by atoms with Crippen molar-refractivity contribution in [1.29, 1.82) is 0 Å². The zero-order valence-corrected chi connectivity index (χ0v) is 13.8. The fourth-order valence-electron chi connectivity index (χ4n) is 1.70. The third kappa shape index (κ3) is 5.18. The summed E-state index contributed by atoms with van der Waals surface area (Å²) in [5.41, 5.74) is 9.47. The second-order valence-electron chi connectivity index (χ2n) is 4.33. The van der Waals surface area contributed by atoms with E-state index in [-0.39, 0.29) is 5.11 Å². The van der Waals surface area contributed by atoms with Crippen molar-refractivity contribution in [3.8, 4) is 5.75 Å². The van der Waals surface area contributed by atoms with E-state index in [1.54, 1.807) is 24.4 Å². The molecule has 7 heteroatoms. The summed E-state index contributed by atoms with van der Waals surface area (Å²) < 4.78 is 5.79. The highest BCUT2D eigenvalue weighted by Gasteiger charge is 2.04. The normalized spacial score (nSPS) is 10.6. The van der Waals surface area contributed by atoms with Gasteiger partial charge in [-0.25, -0.2) is 0 Å². The van der Waals surface area contributed by atoms with Crippen LogP contribution in [0, 0.1) is 0 Å². The number of nitrogens with two attached hydrogens (primary N) is 1. The highest BCUT2D eigenvalue weighted by atomic mass is 35.5. The predicted octanol–water partition coefficient (Wildman–Crippen LogP) is 3.74. The van der Waals surface area contributed by atoms with E-state index in [4.69, 9.17) is 33.7 Å². The van der Waals surface area contributed by atoms with Gasteiger partial charge in [0, 0.05) is 15.6 Å². The van der Waals surface area contributed by atoms with E-state index in [1.807, 2.05) is 24.3 Å². The molecule has 2 aromatic carbocycles. The molecule has 2 rings (SSSR count). The molecule has 22 heavy (non-hydrogen) atoms. The van der Waals surface area contributed by atoms with Crippen molar-refractivity contribution in [2.24, 2.45) is 10.8 Å². The third-order valence-electron chi connectivity index (χ3n) is 2.63. The SMILES string of the molecule is NC(=S)NN=Cc1cc(Cl)ccc1OCc1cccc(Cl)c1. The smallest absolute Gasteiger partial charge is 0.184 e. The number of nitrogens with zero attached hydrogens (tertiary/aromatic N) is 1. The van der Waals surface area contributed by atoms with E-state index in [2.05, 4.69) is 22.7 Å². The molecule has 3 N–H and O–H groups in total. The van der Waals surface area contributed by atoms with Crippen LogP contribution >= 0.6 is 35.4 Å². The number of nitrogens with one attached hydrogen (secondary N) is 1. The molecule has 0 atom stereocenters. The Kier molecular flexibility index (Phi) is 6.00. The summed E-state index contributed by atoms with van der Waals surface area (Å²) in [6.45, 7) is 0.381. The van der Waals surface area contributed by atoms with Crippen LogP contribution in [0.1, 0.15) is 11.1 Å². The fourth-order valence-corrected chi connectivity index (χ4v) is 2.15. The average Bonchev–Trinajstić information content (AvgIpc) is 2.46. The molecule has 0 unspecified atom stereocenters. The highest BCUT2D eigenvalue weighted by Crippen LogP contribution is 2.23. The minimum atomic E-state index is 0.0830. The largest absolute Gasteiger partial charge is 0.488 e. The summed E-state index contributed by atoms with van der Waals surface area (Å²) in [6.07, 6.45) is 1.54. The number of hydrogen-bond donors (Lipinski definition) is 2. The Morgan fingerprint density at radius 1 is 1.23 bits per heavy atom. The molecule has 4 nitrogen and oxygen atoms in total. The first kappa shape index (κ1) is 16.5. The first-order valence-electron chi connectivity index (χ1n) is 6.30. The van der Waals surface area contributed by atoms with E-state index in [0.717, 1.165) is 5.56 Å². The lowest BCUT2D eigenvalue weighted by Gasteiger charge is -2.10. The minimum absolute atomic E-state index is 0.0830.